The monoisotopic (exact) mass is 296 g/mol. The number of rotatable bonds is 6. The van der Waals surface area contributed by atoms with Gasteiger partial charge in [-0.3, -0.25) is 4.79 Å². The molecule has 1 saturated heterocycles. The van der Waals surface area contributed by atoms with Gasteiger partial charge in [-0.15, -0.1) is 0 Å². The van der Waals surface area contributed by atoms with Gasteiger partial charge in [0.15, 0.2) is 5.82 Å². The third-order valence-electron chi connectivity index (χ3n) is 3.52. The predicted octanol–water partition coefficient (Wildman–Crippen LogP) is -0.114. The van der Waals surface area contributed by atoms with Gasteiger partial charge in [-0.2, -0.15) is 0 Å². The van der Waals surface area contributed by atoms with Gasteiger partial charge in [-0.05, 0) is 20.5 Å². The van der Waals surface area contributed by atoms with Crippen LogP contribution in [0.15, 0.2) is 12.4 Å². The standard InChI is InChI=1S/C14H24N4O3/c1-17(2)7-9-21-12-10-20-8-4-11(12)16-14(19)13-15-5-6-18(13)3/h5-6,11-12H,4,7-10H2,1-3H3,(H,16,19)/t11-,12-/m1/s1. The van der Waals surface area contributed by atoms with Gasteiger partial charge in [0, 0.05) is 32.6 Å². The van der Waals surface area contributed by atoms with Crippen molar-refractivity contribution in [1.82, 2.24) is 19.8 Å². The van der Waals surface area contributed by atoms with Crippen molar-refractivity contribution < 1.29 is 14.3 Å². The lowest BCUT2D eigenvalue weighted by Crippen LogP contribution is -2.50. The Hall–Kier alpha value is -1.44. The summed E-state index contributed by atoms with van der Waals surface area (Å²) in [5.41, 5.74) is 0. The number of nitrogens with zero attached hydrogens (tertiary/aromatic N) is 3. The number of imidazole rings is 1. The summed E-state index contributed by atoms with van der Waals surface area (Å²) in [6, 6.07) is -0.0369. The van der Waals surface area contributed by atoms with Crippen LogP contribution in [0.3, 0.4) is 0 Å². The van der Waals surface area contributed by atoms with Crippen molar-refractivity contribution in [3.63, 3.8) is 0 Å². The summed E-state index contributed by atoms with van der Waals surface area (Å²) in [5.74, 6) is 0.240. The van der Waals surface area contributed by atoms with Gasteiger partial charge in [-0.25, -0.2) is 4.98 Å². The number of carbonyl (C=O) groups is 1. The number of aryl methyl sites for hydroxylation is 1. The Balaban J connectivity index is 1.89. The number of nitrogens with one attached hydrogen (secondary N) is 1. The van der Waals surface area contributed by atoms with Crippen LogP contribution in [0.5, 0.6) is 0 Å². The van der Waals surface area contributed by atoms with Crippen LogP contribution in [0.1, 0.15) is 17.0 Å². The number of carbonyl (C=O) groups excluding carboxylic acids is 1. The molecule has 2 rings (SSSR count). The van der Waals surface area contributed by atoms with Crippen molar-refractivity contribution >= 4 is 5.91 Å². The number of hydrogen-bond acceptors (Lipinski definition) is 5. The Morgan fingerprint density at radius 3 is 3.10 bits per heavy atom. The molecular weight excluding hydrogens is 272 g/mol. The van der Waals surface area contributed by atoms with E-state index in [1.807, 2.05) is 14.1 Å². The fraction of sp³-hybridized carbons (Fsp3) is 0.714. The molecule has 1 amide bonds. The summed E-state index contributed by atoms with van der Waals surface area (Å²) in [7, 11) is 5.80. The smallest absolute Gasteiger partial charge is 0.287 e. The topological polar surface area (TPSA) is 68.6 Å². The summed E-state index contributed by atoms with van der Waals surface area (Å²) in [6.07, 6.45) is 4.01. The first-order chi connectivity index (χ1) is 10.1. The van der Waals surface area contributed by atoms with Crippen LogP contribution in [-0.4, -0.2) is 73.0 Å². The van der Waals surface area contributed by atoms with Crippen molar-refractivity contribution in [2.24, 2.45) is 7.05 Å². The Kier molecular flexibility index (Phi) is 5.72. The van der Waals surface area contributed by atoms with Crippen molar-refractivity contribution in [3.05, 3.63) is 18.2 Å². The summed E-state index contributed by atoms with van der Waals surface area (Å²) in [6.45, 7) is 2.62. The van der Waals surface area contributed by atoms with Gasteiger partial charge >= 0.3 is 0 Å². The van der Waals surface area contributed by atoms with Crippen LogP contribution in [0, 0.1) is 0 Å². The molecule has 1 aromatic rings. The zero-order valence-corrected chi connectivity index (χ0v) is 12.9. The molecule has 0 bridgehead atoms. The fourth-order valence-electron chi connectivity index (χ4n) is 2.25. The Morgan fingerprint density at radius 2 is 2.43 bits per heavy atom. The van der Waals surface area contributed by atoms with Gasteiger partial charge in [-0.1, -0.05) is 0 Å². The normalized spacial score (nSPS) is 22.5. The van der Waals surface area contributed by atoms with E-state index in [4.69, 9.17) is 9.47 Å². The average molecular weight is 296 g/mol. The summed E-state index contributed by atoms with van der Waals surface area (Å²) in [5, 5.41) is 3.01. The van der Waals surface area contributed by atoms with Crippen LogP contribution >= 0.6 is 0 Å². The summed E-state index contributed by atoms with van der Waals surface area (Å²) < 4.78 is 13.0. The summed E-state index contributed by atoms with van der Waals surface area (Å²) >= 11 is 0. The Bertz CT molecular complexity index is 461. The number of amides is 1. The number of likely N-dealkylation sites (N-methyl/N-ethyl adjacent to an activating group) is 1. The number of aromatic nitrogens is 2. The molecule has 21 heavy (non-hydrogen) atoms. The molecule has 1 aliphatic rings. The first kappa shape index (κ1) is 15.9. The lowest BCUT2D eigenvalue weighted by atomic mass is 10.1. The van der Waals surface area contributed by atoms with E-state index in [9.17, 15) is 4.79 Å². The maximum Gasteiger partial charge on any atom is 0.287 e. The molecule has 2 atom stereocenters. The first-order valence-corrected chi connectivity index (χ1v) is 7.20. The van der Waals surface area contributed by atoms with Gasteiger partial charge < -0.3 is 24.3 Å². The van der Waals surface area contributed by atoms with Crippen molar-refractivity contribution in [2.75, 3.05) is 40.5 Å². The van der Waals surface area contributed by atoms with E-state index >= 15 is 0 Å². The molecule has 1 aromatic heterocycles. The predicted molar refractivity (Wildman–Crippen MR) is 78.2 cm³/mol. The van der Waals surface area contributed by atoms with Gasteiger partial charge in [0.05, 0.1) is 19.3 Å². The second-order valence-electron chi connectivity index (χ2n) is 5.52. The largest absolute Gasteiger partial charge is 0.379 e. The SMILES string of the molecule is CN(C)CCO[C@@H]1COCC[C@H]1NC(=O)c1nccn1C. The van der Waals surface area contributed by atoms with E-state index in [1.54, 1.807) is 24.0 Å². The maximum absolute atomic E-state index is 12.2. The Morgan fingerprint density at radius 1 is 1.62 bits per heavy atom. The van der Waals surface area contributed by atoms with E-state index in [2.05, 4.69) is 15.2 Å². The number of ether oxygens (including phenoxy) is 2. The van der Waals surface area contributed by atoms with Gasteiger partial charge in [0.25, 0.3) is 5.91 Å². The maximum atomic E-state index is 12.2. The lowest BCUT2D eigenvalue weighted by molar-refractivity contribution is -0.0691. The fourth-order valence-corrected chi connectivity index (χ4v) is 2.25. The molecule has 1 fully saturated rings. The zero-order chi connectivity index (χ0) is 15.2. The van der Waals surface area contributed by atoms with E-state index in [1.165, 1.54) is 0 Å². The van der Waals surface area contributed by atoms with Crippen molar-refractivity contribution in [3.8, 4) is 0 Å². The molecular formula is C14H24N4O3. The highest BCUT2D eigenvalue weighted by molar-refractivity contribution is 5.91. The highest BCUT2D eigenvalue weighted by Gasteiger charge is 2.29. The molecule has 0 saturated carbocycles. The molecule has 118 valence electrons. The lowest BCUT2D eigenvalue weighted by Gasteiger charge is -2.32. The van der Waals surface area contributed by atoms with Crippen LogP contribution in [0.2, 0.25) is 0 Å². The third kappa shape index (κ3) is 4.52. The van der Waals surface area contributed by atoms with Crippen LogP contribution in [-0.2, 0) is 16.5 Å². The molecule has 2 heterocycles. The van der Waals surface area contributed by atoms with E-state index in [0.29, 0.717) is 25.6 Å². The van der Waals surface area contributed by atoms with Gasteiger partial charge in [0.2, 0.25) is 0 Å². The van der Waals surface area contributed by atoms with Crippen molar-refractivity contribution in [2.45, 2.75) is 18.6 Å². The van der Waals surface area contributed by atoms with E-state index in [-0.39, 0.29) is 18.1 Å². The molecule has 0 aliphatic carbocycles. The zero-order valence-electron chi connectivity index (χ0n) is 12.9. The molecule has 0 spiro atoms. The molecule has 1 N–H and O–H groups in total. The highest BCUT2D eigenvalue weighted by atomic mass is 16.5. The second-order valence-corrected chi connectivity index (χ2v) is 5.52. The van der Waals surface area contributed by atoms with Crippen LogP contribution in [0.4, 0.5) is 0 Å². The third-order valence-corrected chi connectivity index (χ3v) is 3.52. The van der Waals surface area contributed by atoms with Gasteiger partial charge in [0.1, 0.15) is 6.10 Å². The van der Waals surface area contributed by atoms with E-state index in [0.717, 1.165) is 13.0 Å². The average Bonchev–Trinajstić information content (AvgIpc) is 2.86. The molecule has 0 unspecified atom stereocenters. The molecule has 1 aliphatic heterocycles. The molecule has 7 nitrogen and oxygen atoms in total. The quantitative estimate of drug-likeness (QED) is 0.793. The number of hydrogen-bond donors (Lipinski definition) is 1. The Labute approximate surface area is 125 Å². The van der Waals surface area contributed by atoms with Crippen LogP contribution in [0.25, 0.3) is 0 Å². The van der Waals surface area contributed by atoms with Crippen molar-refractivity contribution in [1.29, 1.82) is 0 Å². The summed E-state index contributed by atoms with van der Waals surface area (Å²) in [4.78, 5) is 18.3. The molecule has 0 radical (unpaired) electrons. The molecule has 0 aromatic carbocycles. The molecule has 7 heteroatoms. The second kappa shape index (κ2) is 7.53. The minimum Gasteiger partial charge on any atom is -0.379 e. The minimum absolute atomic E-state index is 0.0369. The van der Waals surface area contributed by atoms with E-state index < -0.39 is 0 Å². The van der Waals surface area contributed by atoms with Crippen LogP contribution < -0.4 is 5.32 Å². The minimum atomic E-state index is -0.171. The highest BCUT2D eigenvalue weighted by Crippen LogP contribution is 2.12. The first-order valence-electron chi connectivity index (χ1n) is 7.20.